The maximum atomic E-state index is 5.41. The number of hydrogen-bond donors (Lipinski definition) is 0. The smallest absolute Gasteiger partial charge is 0.119 e. The first-order valence-corrected chi connectivity index (χ1v) is 9.09. The third kappa shape index (κ3) is 2.12. The molecule has 2 aliphatic heterocycles. The van der Waals surface area contributed by atoms with Crippen molar-refractivity contribution in [3.05, 3.63) is 29.3 Å². The van der Waals surface area contributed by atoms with Crippen molar-refractivity contribution < 1.29 is 4.74 Å². The highest BCUT2D eigenvalue weighted by atomic mass is 32.2. The Morgan fingerprint density at radius 3 is 3.14 bits per heavy atom. The third-order valence-corrected chi connectivity index (χ3v) is 7.23. The topological polar surface area (TPSA) is 21.6 Å². The van der Waals surface area contributed by atoms with Crippen molar-refractivity contribution >= 4 is 17.5 Å². The van der Waals surface area contributed by atoms with Gasteiger partial charge in [0, 0.05) is 34.6 Å². The number of rotatable bonds is 1. The van der Waals surface area contributed by atoms with E-state index < -0.39 is 0 Å². The summed E-state index contributed by atoms with van der Waals surface area (Å²) in [6.45, 7) is 3.48. The van der Waals surface area contributed by atoms with Crippen LogP contribution in [0.25, 0.3) is 0 Å². The van der Waals surface area contributed by atoms with Gasteiger partial charge in [0.05, 0.1) is 7.11 Å². The van der Waals surface area contributed by atoms with Gasteiger partial charge in [-0.05, 0) is 48.9 Å². The second kappa shape index (κ2) is 5.05. The van der Waals surface area contributed by atoms with E-state index in [1.54, 1.807) is 12.7 Å². The molecule has 0 amide bonds. The highest BCUT2D eigenvalue weighted by Gasteiger charge is 2.47. The Morgan fingerprint density at radius 1 is 1.38 bits per heavy atom. The third-order valence-electron chi connectivity index (χ3n) is 5.48. The van der Waals surface area contributed by atoms with Gasteiger partial charge in [-0.15, -0.1) is 0 Å². The Bertz CT molecular complexity index is 597. The number of thioether (sulfide) groups is 1. The standard InChI is InChI=1S/C18H23NOS/c1-18-8-9-19-17(18)15-5-3-4-12-10-13(20-2)6-7-14(12)16(15)21-11-18/h6-7,10,15-16H,3-5,8-9,11H2,1-2H3. The van der Waals surface area contributed by atoms with E-state index >= 15 is 0 Å². The van der Waals surface area contributed by atoms with Crippen LogP contribution in [0, 0.1) is 11.3 Å². The van der Waals surface area contributed by atoms with E-state index in [2.05, 4.69) is 36.9 Å². The molecule has 1 fully saturated rings. The van der Waals surface area contributed by atoms with Crippen molar-refractivity contribution in [1.29, 1.82) is 0 Å². The summed E-state index contributed by atoms with van der Waals surface area (Å²) in [5.74, 6) is 2.89. The maximum absolute atomic E-state index is 5.41. The maximum Gasteiger partial charge on any atom is 0.119 e. The van der Waals surface area contributed by atoms with Crippen molar-refractivity contribution in [2.75, 3.05) is 19.4 Å². The van der Waals surface area contributed by atoms with Crippen LogP contribution in [0.3, 0.4) is 0 Å². The minimum absolute atomic E-state index is 0.378. The van der Waals surface area contributed by atoms with E-state index in [4.69, 9.17) is 9.73 Å². The molecule has 0 bridgehead atoms. The van der Waals surface area contributed by atoms with Gasteiger partial charge in [0.15, 0.2) is 0 Å². The van der Waals surface area contributed by atoms with Crippen LogP contribution in [0.1, 0.15) is 42.6 Å². The highest BCUT2D eigenvalue weighted by Crippen LogP contribution is 2.54. The minimum Gasteiger partial charge on any atom is -0.497 e. The number of hydrogen-bond acceptors (Lipinski definition) is 3. The van der Waals surface area contributed by atoms with Crippen molar-refractivity contribution in [3.63, 3.8) is 0 Å². The summed E-state index contributed by atoms with van der Waals surface area (Å²) in [5, 5.41) is 0.610. The van der Waals surface area contributed by atoms with Crippen molar-refractivity contribution in [2.24, 2.45) is 16.3 Å². The summed E-state index contributed by atoms with van der Waals surface area (Å²) < 4.78 is 5.41. The monoisotopic (exact) mass is 301 g/mol. The van der Waals surface area contributed by atoms with Gasteiger partial charge in [-0.2, -0.15) is 11.8 Å². The molecule has 1 aliphatic carbocycles. The molecule has 1 saturated heterocycles. The predicted octanol–water partition coefficient (Wildman–Crippen LogP) is 4.29. The fraction of sp³-hybridized carbons (Fsp3) is 0.611. The molecule has 2 nitrogen and oxygen atoms in total. The van der Waals surface area contributed by atoms with Crippen molar-refractivity contribution in [2.45, 2.75) is 37.9 Å². The van der Waals surface area contributed by atoms with E-state index in [1.165, 1.54) is 42.7 Å². The molecule has 1 aromatic carbocycles. The number of aryl methyl sites for hydroxylation is 1. The molecule has 0 N–H and O–H groups in total. The molecule has 0 spiro atoms. The van der Waals surface area contributed by atoms with Crippen LogP contribution >= 0.6 is 11.8 Å². The Hall–Kier alpha value is -0.960. The van der Waals surface area contributed by atoms with Gasteiger partial charge in [-0.3, -0.25) is 4.99 Å². The minimum atomic E-state index is 0.378. The lowest BCUT2D eigenvalue weighted by molar-refractivity contribution is 0.414. The van der Waals surface area contributed by atoms with Gasteiger partial charge in [0.1, 0.15) is 5.75 Å². The summed E-state index contributed by atoms with van der Waals surface area (Å²) >= 11 is 2.17. The summed E-state index contributed by atoms with van der Waals surface area (Å²) in [7, 11) is 1.76. The van der Waals surface area contributed by atoms with Crippen LogP contribution in [0.15, 0.2) is 23.2 Å². The molecule has 3 heteroatoms. The molecule has 0 radical (unpaired) electrons. The average Bonchev–Trinajstić information content (AvgIpc) is 2.80. The highest BCUT2D eigenvalue weighted by molar-refractivity contribution is 7.99. The molecular weight excluding hydrogens is 278 g/mol. The number of benzene rings is 1. The van der Waals surface area contributed by atoms with E-state index in [1.807, 2.05) is 0 Å². The van der Waals surface area contributed by atoms with Gasteiger partial charge in [-0.25, -0.2) is 0 Å². The molecule has 1 aromatic rings. The molecule has 2 heterocycles. The van der Waals surface area contributed by atoms with Crippen molar-refractivity contribution in [3.8, 4) is 5.75 Å². The predicted molar refractivity (Wildman–Crippen MR) is 89.6 cm³/mol. The van der Waals surface area contributed by atoms with E-state index in [0.29, 0.717) is 16.6 Å². The van der Waals surface area contributed by atoms with E-state index in [-0.39, 0.29) is 0 Å². The lowest BCUT2D eigenvalue weighted by Gasteiger charge is -2.41. The lowest BCUT2D eigenvalue weighted by Crippen LogP contribution is -2.39. The zero-order valence-corrected chi connectivity index (χ0v) is 13.7. The molecule has 3 aliphatic rings. The SMILES string of the molecule is COc1ccc2c(c1)CCCC1C3=NCCC3(C)CSC21. The molecule has 3 atom stereocenters. The fourth-order valence-electron chi connectivity index (χ4n) is 4.30. The summed E-state index contributed by atoms with van der Waals surface area (Å²) in [6, 6.07) is 6.69. The number of ether oxygens (including phenoxy) is 1. The van der Waals surface area contributed by atoms with Crippen LogP contribution in [-0.2, 0) is 6.42 Å². The van der Waals surface area contributed by atoms with Gasteiger partial charge >= 0.3 is 0 Å². The number of aliphatic imine (C=N–C) groups is 1. The molecular formula is C18H23NOS. The van der Waals surface area contributed by atoms with Gasteiger partial charge < -0.3 is 4.74 Å². The zero-order valence-electron chi connectivity index (χ0n) is 12.9. The fourth-order valence-corrected chi connectivity index (χ4v) is 6.04. The number of methoxy groups -OCH3 is 1. The zero-order chi connectivity index (χ0) is 14.4. The molecule has 3 unspecified atom stereocenters. The Morgan fingerprint density at radius 2 is 2.29 bits per heavy atom. The van der Waals surface area contributed by atoms with Crippen LogP contribution in [0.4, 0.5) is 0 Å². The first-order valence-electron chi connectivity index (χ1n) is 8.04. The van der Waals surface area contributed by atoms with E-state index in [0.717, 1.165) is 12.3 Å². The largest absolute Gasteiger partial charge is 0.497 e. The second-order valence-corrected chi connectivity index (χ2v) is 8.00. The summed E-state index contributed by atoms with van der Waals surface area (Å²) in [6.07, 6.45) is 5.01. The van der Waals surface area contributed by atoms with Gasteiger partial charge in [0.2, 0.25) is 0 Å². The summed E-state index contributed by atoms with van der Waals surface area (Å²) in [5.41, 5.74) is 4.95. The number of nitrogens with zero attached hydrogens (tertiary/aromatic N) is 1. The second-order valence-electron chi connectivity index (χ2n) is 6.87. The normalized spacial score (nSPS) is 34.3. The van der Waals surface area contributed by atoms with Gasteiger partial charge in [-0.1, -0.05) is 13.0 Å². The molecule has 4 rings (SSSR count). The molecule has 0 aromatic heterocycles. The molecule has 112 valence electrons. The molecule has 21 heavy (non-hydrogen) atoms. The lowest BCUT2D eigenvalue weighted by atomic mass is 9.76. The van der Waals surface area contributed by atoms with Crippen LogP contribution < -0.4 is 4.74 Å². The van der Waals surface area contributed by atoms with Crippen LogP contribution in [0.5, 0.6) is 5.75 Å². The average molecular weight is 301 g/mol. The Balaban J connectivity index is 1.75. The van der Waals surface area contributed by atoms with Gasteiger partial charge in [0.25, 0.3) is 0 Å². The van der Waals surface area contributed by atoms with Crippen LogP contribution in [0.2, 0.25) is 0 Å². The van der Waals surface area contributed by atoms with Crippen LogP contribution in [-0.4, -0.2) is 25.1 Å². The number of fused-ring (bicyclic) bond motifs is 5. The Labute approximate surface area is 131 Å². The van der Waals surface area contributed by atoms with E-state index in [9.17, 15) is 0 Å². The summed E-state index contributed by atoms with van der Waals surface area (Å²) in [4.78, 5) is 4.94. The first kappa shape index (κ1) is 13.7. The first-order chi connectivity index (χ1) is 10.2. The van der Waals surface area contributed by atoms with Crippen molar-refractivity contribution in [1.82, 2.24) is 0 Å². The quantitative estimate of drug-likeness (QED) is 0.772. The molecule has 0 saturated carbocycles. The Kier molecular flexibility index (Phi) is 3.29.